The van der Waals surface area contributed by atoms with Crippen molar-refractivity contribution in [3.8, 4) is 0 Å². The Morgan fingerprint density at radius 2 is 1.79 bits per heavy atom. The van der Waals surface area contributed by atoms with Crippen LogP contribution in [0.1, 0.15) is 22.4 Å². The largest absolute Gasteiger partial charge is 0.395 e. The normalized spacial score (nSPS) is 10.9. The number of aromatic nitrogens is 6. The van der Waals surface area contributed by atoms with Gasteiger partial charge < -0.3 is 16.9 Å². The number of benzene rings is 1. The van der Waals surface area contributed by atoms with Crippen LogP contribution in [0, 0.1) is 0 Å². The molecule has 7 N–H and O–H groups in total. The van der Waals surface area contributed by atoms with Gasteiger partial charge in [0.1, 0.15) is 11.5 Å². The van der Waals surface area contributed by atoms with Crippen molar-refractivity contribution in [3.05, 3.63) is 77.4 Å². The molecule has 10 heteroatoms. The van der Waals surface area contributed by atoms with Crippen molar-refractivity contribution in [2.75, 3.05) is 16.9 Å². The maximum Gasteiger partial charge on any atom is 0.165 e. The van der Waals surface area contributed by atoms with E-state index in [0.29, 0.717) is 36.8 Å². The zero-order valence-electron chi connectivity index (χ0n) is 15.7. The second-order valence-electron chi connectivity index (χ2n) is 6.73. The number of hydrazine groups is 1. The van der Waals surface area contributed by atoms with E-state index in [1.165, 1.54) is 5.56 Å². The van der Waals surface area contributed by atoms with Crippen molar-refractivity contribution in [2.45, 2.75) is 19.5 Å². The summed E-state index contributed by atoms with van der Waals surface area (Å²) >= 11 is 0. The molecule has 0 saturated heterocycles. The minimum atomic E-state index is 0.351. The Morgan fingerprint density at radius 1 is 0.966 bits per heavy atom. The van der Waals surface area contributed by atoms with Crippen LogP contribution in [0.3, 0.4) is 0 Å². The van der Waals surface area contributed by atoms with E-state index in [0.717, 1.165) is 16.8 Å². The second-order valence-corrected chi connectivity index (χ2v) is 6.73. The van der Waals surface area contributed by atoms with Crippen molar-refractivity contribution in [2.24, 2.45) is 5.84 Å². The first-order valence-corrected chi connectivity index (χ1v) is 9.06. The van der Waals surface area contributed by atoms with Gasteiger partial charge in [-0.15, -0.1) is 5.10 Å². The number of rotatable bonds is 7. The van der Waals surface area contributed by atoms with Gasteiger partial charge in [-0.05, 0) is 22.8 Å². The summed E-state index contributed by atoms with van der Waals surface area (Å²) < 4.78 is 3.63. The van der Waals surface area contributed by atoms with Gasteiger partial charge in [0.25, 0.3) is 0 Å². The zero-order valence-corrected chi connectivity index (χ0v) is 15.7. The van der Waals surface area contributed by atoms with Gasteiger partial charge in [0, 0.05) is 12.6 Å². The van der Waals surface area contributed by atoms with E-state index in [1.807, 2.05) is 40.0 Å². The van der Waals surface area contributed by atoms with Crippen molar-refractivity contribution in [1.29, 1.82) is 0 Å². The molecule has 29 heavy (non-hydrogen) atoms. The molecule has 0 radical (unpaired) electrons. The topological polar surface area (TPSA) is 152 Å². The molecule has 0 atom stereocenters. The molecular weight excluding hydrogens is 368 g/mol. The highest BCUT2D eigenvalue weighted by Crippen LogP contribution is 2.24. The molecule has 148 valence electrons. The lowest BCUT2D eigenvalue weighted by molar-refractivity contribution is 0.645. The Bertz CT molecular complexity index is 1100. The highest BCUT2D eigenvalue weighted by Gasteiger charge is 2.11. The molecule has 4 rings (SSSR count). The third kappa shape index (κ3) is 4.33. The first kappa shape index (κ1) is 18.4. The fourth-order valence-electron chi connectivity index (χ4n) is 3.12. The summed E-state index contributed by atoms with van der Waals surface area (Å²) in [5, 5.41) is 12.8. The van der Waals surface area contributed by atoms with Crippen molar-refractivity contribution >= 4 is 17.3 Å². The number of nitrogen functional groups attached to an aromatic ring is 3. The molecule has 0 unspecified atom stereocenters. The fraction of sp³-hybridized carbons (Fsp3) is 0.158. The Balaban J connectivity index is 1.43. The quantitative estimate of drug-likeness (QED) is 0.269. The third-order valence-corrected chi connectivity index (χ3v) is 4.48. The number of nitrogens with two attached hydrogens (primary N) is 3. The molecule has 4 aromatic rings. The molecule has 0 amide bonds. The van der Waals surface area contributed by atoms with Crippen LogP contribution in [0.15, 0.2) is 55.0 Å². The van der Waals surface area contributed by atoms with Crippen molar-refractivity contribution in [3.63, 3.8) is 0 Å². The minimum Gasteiger partial charge on any atom is -0.395 e. The lowest BCUT2D eigenvalue weighted by Gasteiger charge is -2.10. The number of pyridine rings is 1. The summed E-state index contributed by atoms with van der Waals surface area (Å²) in [5.74, 6) is 6.16. The standard InChI is InChI=1S/C19H22N10/c20-17-7-15(18(21)19(24-17)25-22)6-14-8-23-28(10-14)11-16-12-29(27-26-16)9-13-4-2-1-3-5-13/h1-5,7-8,10,12H,6,9,11,21-22H2,(H3,20,24,25). The van der Waals surface area contributed by atoms with E-state index >= 15 is 0 Å². The molecule has 10 nitrogen and oxygen atoms in total. The predicted octanol–water partition coefficient (Wildman–Crippen LogP) is 1.01. The Kier molecular flexibility index (Phi) is 5.08. The van der Waals surface area contributed by atoms with Crippen LogP contribution in [0.2, 0.25) is 0 Å². The molecule has 1 aromatic carbocycles. The molecule has 0 bridgehead atoms. The fourth-order valence-corrected chi connectivity index (χ4v) is 3.12. The van der Waals surface area contributed by atoms with Gasteiger partial charge in [-0.3, -0.25) is 4.68 Å². The first-order valence-electron chi connectivity index (χ1n) is 9.06. The van der Waals surface area contributed by atoms with E-state index in [1.54, 1.807) is 12.3 Å². The highest BCUT2D eigenvalue weighted by molar-refractivity contribution is 5.68. The lowest BCUT2D eigenvalue weighted by atomic mass is 10.1. The van der Waals surface area contributed by atoms with Gasteiger partial charge >= 0.3 is 0 Å². The van der Waals surface area contributed by atoms with E-state index in [9.17, 15) is 0 Å². The van der Waals surface area contributed by atoms with Crippen molar-refractivity contribution in [1.82, 2.24) is 29.8 Å². The van der Waals surface area contributed by atoms with Crippen LogP contribution in [-0.2, 0) is 19.5 Å². The van der Waals surface area contributed by atoms with E-state index in [-0.39, 0.29) is 0 Å². The molecule has 0 aliphatic carbocycles. The van der Waals surface area contributed by atoms with Gasteiger partial charge in [-0.25, -0.2) is 15.5 Å². The third-order valence-electron chi connectivity index (χ3n) is 4.48. The maximum atomic E-state index is 6.10. The minimum absolute atomic E-state index is 0.351. The van der Waals surface area contributed by atoms with Gasteiger partial charge in [-0.2, -0.15) is 5.10 Å². The van der Waals surface area contributed by atoms with Gasteiger partial charge in [-0.1, -0.05) is 35.5 Å². The van der Waals surface area contributed by atoms with Crippen LogP contribution < -0.4 is 22.7 Å². The summed E-state index contributed by atoms with van der Waals surface area (Å²) in [6, 6.07) is 11.9. The SMILES string of the molecule is NNc1nc(N)cc(Cc2cnn(Cc3cn(Cc4ccccc4)nn3)c2)c1N. The van der Waals surface area contributed by atoms with E-state index in [4.69, 9.17) is 17.3 Å². The zero-order chi connectivity index (χ0) is 20.2. The monoisotopic (exact) mass is 390 g/mol. The number of nitrogens with one attached hydrogen (secondary N) is 1. The predicted molar refractivity (Wildman–Crippen MR) is 111 cm³/mol. The molecule has 0 fully saturated rings. The Hall–Kier alpha value is -3.92. The van der Waals surface area contributed by atoms with Crippen LogP contribution >= 0.6 is 0 Å². The number of anilines is 3. The number of hydrogen-bond acceptors (Lipinski definition) is 8. The molecule has 3 heterocycles. The average molecular weight is 390 g/mol. The molecule has 0 aliphatic rings. The van der Waals surface area contributed by atoms with Gasteiger partial charge in [0.05, 0.1) is 31.2 Å². The van der Waals surface area contributed by atoms with E-state index < -0.39 is 0 Å². The molecule has 0 spiro atoms. The van der Waals surface area contributed by atoms with Crippen LogP contribution in [0.5, 0.6) is 0 Å². The maximum absolute atomic E-state index is 6.10. The van der Waals surface area contributed by atoms with Gasteiger partial charge in [0.2, 0.25) is 0 Å². The highest BCUT2D eigenvalue weighted by atomic mass is 15.4. The summed E-state index contributed by atoms with van der Waals surface area (Å²) in [6.07, 6.45) is 6.23. The number of nitrogens with zero attached hydrogens (tertiary/aromatic N) is 6. The van der Waals surface area contributed by atoms with Crippen LogP contribution in [-0.4, -0.2) is 29.8 Å². The molecular formula is C19H22N10. The van der Waals surface area contributed by atoms with E-state index in [2.05, 4.69) is 38.0 Å². The molecule has 0 saturated carbocycles. The van der Waals surface area contributed by atoms with Crippen molar-refractivity contribution < 1.29 is 0 Å². The smallest absolute Gasteiger partial charge is 0.165 e. The van der Waals surface area contributed by atoms with Gasteiger partial charge in [0.15, 0.2) is 5.82 Å². The summed E-state index contributed by atoms with van der Waals surface area (Å²) in [5.41, 5.74) is 18.7. The number of hydrogen-bond donors (Lipinski definition) is 4. The molecule has 3 aromatic heterocycles. The van der Waals surface area contributed by atoms with Crippen LogP contribution in [0.4, 0.5) is 17.3 Å². The van der Waals surface area contributed by atoms with Crippen LogP contribution in [0.25, 0.3) is 0 Å². The summed E-state index contributed by atoms with van der Waals surface area (Å²) in [7, 11) is 0. The first-order chi connectivity index (χ1) is 14.1. The average Bonchev–Trinajstić information content (AvgIpc) is 3.35. The summed E-state index contributed by atoms with van der Waals surface area (Å²) in [4.78, 5) is 4.07. The molecule has 0 aliphatic heterocycles. The Morgan fingerprint density at radius 3 is 2.59 bits per heavy atom. The summed E-state index contributed by atoms with van der Waals surface area (Å²) in [6.45, 7) is 1.21. The second kappa shape index (κ2) is 7.98. The lowest BCUT2D eigenvalue weighted by Crippen LogP contribution is -2.13. The Labute approximate surface area is 167 Å².